The van der Waals surface area contributed by atoms with E-state index >= 15 is 0 Å². The molecule has 2 amide bonds. The maximum Gasteiger partial charge on any atom is 0.262 e. The second kappa shape index (κ2) is 9.96. The first kappa shape index (κ1) is 22.0. The van der Waals surface area contributed by atoms with Gasteiger partial charge in [0.15, 0.2) is 0 Å². The highest BCUT2D eigenvalue weighted by Crippen LogP contribution is 2.31. The Hall–Kier alpha value is -4.19. The number of hydrogen-bond acceptors (Lipinski definition) is 3. The van der Waals surface area contributed by atoms with Gasteiger partial charge in [-0.2, -0.15) is 0 Å². The van der Waals surface area contributed by atoms with Crippen molar-refractivity contribution in [1.82, 2.24) is 5.32 Å². The molecule has 4 rings (SSSR count). The predicted molar refractivity (Wildman–Crippen MR) is 124 cm³/mol. The number of amides is 2. The highest BCUT2D eigenvalue weighted by Gasteiger charge is 2.34. The molecule has 3 aromatic carbocycles. The van der Waals surface area contributed by atoms with Crippen LogP contribution < -0.4 is 10.2 Å². The van der Waals surface area contributed by atoms with Crippen molar-refractivity contribution in [3.8, 4) is 0 Å². The first-order chi connectivity index (χ1) is 16.0. The largest absolute Gasteiger partial charge is 0.469 e. The van der Waals surface area contributed by atoms with E-state index in [2.05, 4.69) is 5.32 Å². The number of nitrogens with zero attached hydrogens (tertiary/aromatic N) is 1. The minimum absolute atomic E-state index is 0.291. The van der Waals surface area contributed by atoms with Gasteiger partial charge in [0, 0.05) is 12.2 Å². The van der Waals surface area contributed by atoms with Gasteiger partial charge in [-0.25, -0.2) is 4.39 Å². The Morgan fingerprint density at radius 3 is 2.15 bits per heavy atom. The molecule has 1 aromatic heterocycles. The second-order valence-electron chi connectivity index (χ2n) is 7.56. The van der Waals surface area contributed by atoms with Gasteiger partial charge in [-0.15, -0.1) is 0 Å². The minimum atomic E-state index is -1.03. The van der Waals surface area contributed by atoms with Crippen molar-refractivity contribution in [3.05, 3.63) is 126 Å². The van der Waals surface area contributed by atoms with Crippen LogP contribution in [0.5, 0.6) is 0 Å². The number of hydrogen-bond donors (Lipinski definition) is 1. The van der Waals surface area contributed by atoms with E-state index in [9.17, 15) is 14.0 Å². The fraction of sp³-hybridized carbons (Fsp3) is 0.111. The molecular weight excluding hydrogens is 419 g/mol. The third-order valence-electron chi connectivity index (χ3n) is 5.34. The van der Waals surface area contributed by atoms with E-state index in [1.807, 2.05) is 36.4 Å². The van der Waals surface area contributed by atoms with Gasteiger partial charge in [0.05, 0.1) is 11.8 Å². The summed E-state index contributed by atoms with van der Waals surface area (Å²) in [7, 11) is 0. The van der Waals surface area contributed by atoms with Gasteiger partial charge in [0.25, 0.3) is 5.91 Å². The zero-order chi connectivity index (χ0) is 23.2. The molecule has 4 aromatic rings. The second-order valence-corrected chi connectivity index (χ2v) is 7.56. The van der Waals surface area contributed by atoms with Crippen molar-refractivity contribution in [2.75, 3.05) is 4.90 Å². The van der Waals surface area contributed by atoms with E-state index in [4.69, 9.17) is 4.42 Å². The van der Waals surface area contributed by atoms with E-state index < -0.39 is 17.8 Å². The van der Waals surface area contributed by atoms with E-state index in [0.717, 1.165) is 5.56 Å². The SMILES string of the molecule is Cc1occc1C(=O)N(c1ccccc1)[C@@H](C(=O)NCc1ccccc1)c1ccc(F)cc1. The Kier molecular flexibility index (Phi) is 6.64. The van der Waals surface area contributed by atoms with Gasteiger partial charge in [0.2, 0.25) is 5.91 Å². The normalized spacial score (nSPS) is 11.6. The molecule has 166 valence electrons. The van der Waals surface area contributed by atoms with Crippen LogP contribution in [0.1, 0.15) is 33.3 Å². The van der Waals surface area contributed by atoms with Crippen LogP contribution in [0, 0.1) is 12.7 Å². The molecule has 0 radical (unpaired) electrons. The van der Waals surface area contributed by atoms with Gasteiger partial charge >= 0.3 is 0 Å². The van der Waals surface area contributed by atoms with E-state index in [0.29, 0.717) is 29.1 Å². The van der Waals surface area contributed by atoms with Crippen molar-refractivity contribution < 1.29 is 18.4 Å². The van der Waals surface area contributed by atoms with Crippen LogP contribution >= 0.6 is 0 Å². The van der Waals surface area contributed by atoms with Crippen molar-refractivity contribution in [1.29, 1.82) is 0 Å². The lowest BCUT2D eigenvalue weighted by Crippen LogP contribution is -2.44. The summed E-state index contributed by atoms with van der Waals surface area (Å²) >= 11 is 0. The van der Waals surface area contributed by atoms with Crippen molar-refractivity contribution in [2.45, 2.75) is 19.5 Å². The molecule has 0 aliphatic rings. The maximum absolute atomic E-state index is 13.7. The number of halogens is 1. The summed E-state index contributed by atoms with van der Waals surface area (Å²) in [6, 6.07) is 24.6. The standard InChI is InChI=1S/C27H23FN2O3/c1-19-24(16-17-33-19)27(32)30(23-10-6-3-7-11-23)25(21-12-14-22(28)15-13-21)26(31)29-18-20-8-4-2-5-9-20/h2-17,25H,18H2,1H3,(H,29,31)/t25-/m1/s1. The monoisotopic (exact) mass is 442 g/mol. The molecule has 0 bridgehead atoms. The third kappa shape index (κ3) is 5.01. The number of para-hydroxylation sites is 1. The zero-order valence-electron chi connectivity index (χ0n) is 18.1. The molecule has 0 unspecified atom stereocenters. The number of carbonyl (C=O) groups is 2. The topological polar surface area (TPSA) is 62.6 Å². The Labute approximate surface area is 191 Å². The Balaban J connectivity index is 1.77. The summed E-state index contributed by atoms with van der Waals surface area (Å²) in [5.41, 5.74) is 2.29. The molecule has 0 spiro atoms. The number of rotatable bonds is 7. The molecule has 1 heterocycles. The van der Waals surface area contributed by atoms with Crippen LogP contribution in [0.15, 0.2) is 102 Å². The zero-order valence-corrected chi connectivity index (χ0v) is 18.1. The minimum Gasteiger partial charge on any atom is -0.469 e. The molecule has 5 nitrogen and oxygen atoms in total. The van der Waals surface area contributed by atoms with Crippen LogP contribution in [-0.4, -0.2) is 11.8 Å². The third-order valence-corrected chi connectivity index (χ3v) is 5.34. The lowest BCUT2D eigenvalue weighted by molar-refractivity contribution is -0.122. The summed E-state index contributed by atoms with van der Waals surface area (Å²) in [5.74, 6) is -0.755. The number of furan rings is 1. The number of benzene rings is 3. The van der Waals surface area contributed by atoms with Gasteiger partial charge in [-0.05, 0) is 48.4 Å². The van der Waals surface area contributed by atoms with Gasteiger partial charge in [-0.3, -0.25) is 14.5 Å². The molecule has 33 heavy (non-hydrogen) atoms. The molecule has 0 saturated carbocycles. The van der Waals surface area contributed by atoms with Crippen molar-refractivity contribution in [3.63, 3.8) is 0 Å². The lowest BCUT2D eigenvalue weighted by atomic mass is 10.0. The maximum atomic E-state index is 13.7. The highest BCUT2D eigenvalue weighted by molar-refractivity contribution is 6.10. The smallest absolute Gasteiger partial charge is 0.262 e. The van der Waals surface area contributed by atoms with Gasteiger partial charge < -0.3 is 9.73 Å². The summed E-state index contributed by atoms with van der Waals surface area (Å²) in [4.78, 5) is 28.7. The fourth-order valence-corrected chi connectivity index (χ4v) is 3.65. The summed E-state index contributed by atoms with van der Waals surface area (Å²) < 4.78 is 19.0. The molecule has 1 N–H and O–H groups in total. The summed E-state index contributed by atoms with van der Waals surface area (Å²) in [5, 5.41) is 2.93. The number of carbonyl (C=O) groups excluding carboxylic acids is 2. The Bertz CT molecular complexity index is 1220. The average molecular weight is 442 g/mol. The van der Waals surface area contributed by atoms with E-state index in [-0.39, 0.29) is 5.91 Å². The Morgan fingerprint density at radius 2 is 1.55 bits per heavy atom. The van der Waals surface area contributed by atoms with Gasteiger partial charge in [0.1, 0.15) is 17.6 Å². The van der Waals surface area contributed by atoms with Crippen LogP contribution in [0.3, 0.4) is 0 Å². The van der Waals surface area contributed by atoms with Crippen molar-refractivity contribution in [2.24, 2.45) is 0 Å². The van der Waals surface area contributed by atoms with Crippen LogP contribution in [-0.2, 0) is 11.3 Å². The van der Waals surface area contributed by atoms with E-state index in [1.54, 1.807) is 37.3 Å². The molecule has 0 saturated heterocycles. The summed E-state index contributed by atoms with van der Waals surface area (Å²) in [6.45, 7) is 1.98. The first-order valence-corrected chi connectivity index (χ1v) is 10.5. The summed E-state index contributed by atoms with van der Waals surface area (Å²) in [6.07, 6.45) is 1.44. The number of anilines is 1. The van der Waals surface area contributed by atoms with Crippen LogP contribution in [0.2, 0.25) is 0 Å². The average Bonchev–Trinajstić information content (AvgIpc) is 3.28. The fourth-order valence-electron chi connectivity index (χ4n) is 3.65. The van der Waals surface area contributed by atoms with Crippen molar-refractivity contribution >= 4 is 17.5 Å². The van der Waals surface area contributed by atoms with Crippen LogP contribution in [0.25, 0.3) is 0 Å². The van der Waals surface area contributed by atoms with Gasteiger partial charge in [-0.1, -0.05) is 60.7 Å². The molecular formula is C27H23FN2O3. The highest BCUT2D eigenvalue weighted by atomic mass is 19.1. The molecule has 0 fully saturated rings. The quantitative estimate of drug-likeness (QED) is 0.415. The predicted octanol–water partition coefficient (Wildman–Crippen LogP) is 5.43. The number of aryl methyl sites for hydroxylation is 1. The molecule has 0 aliphatic heterocycles. The first-order valence-electron chi connectivity index (χ1n) is 10.5. The molecule has 6 heteroatoms. The number of nitrogens with one attached hydrogen (secondary N) is 1. The lowest BCUT2D eigenvalue weighted by Gasteiger charge is -2.31. The van der Waals surface area contributed by atoms with Crippen LogP contribution in [0.4, 0.5) is 10.1 Å². The molecule has 1 atom stereocenters. The Morgan fingerprint density at radius 1 is 0.909 bits per heavy atom. The molecule has 0 aliphatic carbocycles. The van der Waals surface area contributed by atoms with E-state index in [1.165, 1.54) is 35.4 Å².